The van der Waals surface area contributed by atoms with Gasteiger partial charge in [0.1, 0.15) is 0 Å². The summed E-state index contributed by atoms with van der Waals surface area (Å²) in [6.07, 6.45) is 7.35. The first kappa shape index (κ1) is 17.1. The summed E-state index contributed by atoms with van der Waals surface area (Å²) in [4.78, 5) is 9.26. The molecule has 0 spiro atoms. The van der Waals surface area contributed by atoms with Crippen molar-refractivity contribution in [1.29, 1.82) is 0 Å². The summed E-state index contributed by atoms with van der Waals surface area (Å²) < 4.78 is 17.7. The van der Waals surface area contributed by atoms with Crippen molar-refractivity contribution in [3.05, 3.63) is 47.3 Å². The van der Waals surface area contributed by atoms with E-state index in [1.54, 1.807) is 0 Å². The Morgan fingerprint density at radius 1 is 1.36 bits per heavy atom. The molecule has 2 aliphatic heterocycles. The number of nitrogens with zero attached hydrogens (tertiary/aromatic N) is 3. The van der Waals surface area contributed by atoms with E-state index in [9.17, 15) is 4.21 Å². The van der Waals surface area contributed by atoms with Crippen LogP contribution >= 0.6 is 0 Å². The highest BCUT2D eigenvalue weighted by atomic mass is 32.2. The second-order valence-electron chi connectivity index (χ2n) is 7.09. The number of likely N-dealkylation sites (N-methyl/N-ethyl adjacent to an activating group) is 1. The molecule has 1 unspecified atom stereocenters. The van der Waals surface area contributed by atoms with Crippen molar-refractivity contribution in [3.63, 3.8) is 0 Å². The van der Waals surface area contributed by atoms with E-state index in [4.69, 9.17) is 4.74 Å². The molecule has 0 radical (unpaired) electrons. The summed E-state index contributed by atoms with van der Waals surface area (Å²) in [7, 11) is 1.45. The van der Waals surface area contributed by atoms with E-state index in [0.717, 1.165) is 49.8 Å². The van der Waals surface area contributed by atoms with Crippen molar-refractivity contribution in [2.75, 3.05) is 51.5 Å². The minimum absolute atomic E-state index is 0.0869. The van der Waals surface area contributed by atoms with Gasteiger partial charge in [0.25, 0.3) is 0 Å². The zero-order chi connectivity index (χ0) is 17.2. The fourth-order valence-corrected chi connectivity index (χ4v) is 4.85. The highest BCUT2D eigenvalue weighted by Gasteiger charge is 2.23. The Kier molecular flexibility index (Phi) is 5.12. The van der Waals surface area contributed by atoms with Gasteiger partial charge in [-0.1, -0.05) is 18.2 Å². The predicted octanol–water partition coefficient (Wildman–Crippen LogP) is 1.30. The maximum atomic E-state index is 11.6. The van der Waals surface area contributed by atoms with Crippen LogP contribution in [0, 0.1) is 0 Å². The molecule has 1 fully saturated rings. The molecule has 0 N–H and O–H groups in total. The van der Waals surface area contributed by atoms with Gasteiger partial charge in [0, 0.05) is 66.7 Å². The number of aromatic nitrogens is 1. The van der Waals surface area contributed by atoms with Gasteiger partial charge in [0.05, 0.1) is 18.5 Å². The van der Waals surface area contributed by atoms with E-state index in [0.29, 0.717) is 6.73 Å². The first-order valence-electron chi connectivity index (χ1n) is 8.90. The molecule has 0 saturated carbocycles. The third kappa shape index (κ3) is 4.08. The monoisotopic (exact) mass is 359 g/mol. The maximum Gasteiger partial charge on any atom is 0.0998 e. The summed E-state index contributed by atoms with van der Waals surface area (Å²) in [5.41, 5.74) is 4.98. The molecule has 1 aliphatic carbocycles. The van der Waals surface area contributed by atoms with Crippen LogP contribution in [0.2, 0.25) is 0 Å². The molecule has 0 aromatic carbocycles. The summed E-state index contributed by atoms with van der Waals surface area (Å²) in [6, 6.07) is 4.20. The van der Waals surface area contributed by atoms with Crippen LogP contribution in [-0.2, 0) is 22.0 Å². The lowest BCUT2D eigenvalue weighted by molar-refractivity contribution is 0.0205. The van der Waals surface area contributed by atoms with E-state index in [2.05, 4.69) is 40.0 Å². The fraction of sp³-hybridized carbons (Fsp3) is 0.526. The Bertz CT molecular complexity index is 721. The number of hydrogen-bond donors (Lipinski definition) is 0. The highest BCUT2D eigenvalue weighted by Crippen LogP contribution is 2.27. The van der Waals surface area contributed by atoms with Gasteiger partial charge in [-0.15, -0.1) is 0 Å². The topological polar surface area (TPSA) is 45.7 Å². The van der Waals surface area contributed by atoms with Crippen molar-refractivity contribution in [2.45, 2.75) is 12.5 Å². The van der Waals surface area contributed by atoms with E-state index in [-0.39, 0.29) is 6.10 Å². The molecule has 3 aliphatic rings. The van der Waals surface area contributed by atoms with Crippen LogP contribution in [0.3, 0.4) is 0 Å². The standard InChI is InChI=1S/C19H25N3O2S/c1-21-12-15-9-16(13-22-5-7-25(23)8-6-22)18-3-2-4-20-19(18)11-17(10-15)24-14-21/h2-4,9-10,17H,5-8,11-14H2,1H3/b16-9-. The molecule has 3 heterocycles. The Morgan fingerprint density at radius 3 is 3.04 bits per heavy atom. The summed E-state index contributed by atoms with van der Waals surface area (Å²) in [5, 5.41) is 0. The molecule has 5 nitrogen and oxygen atoms in total. The molecule has 6 heteroatoms. The van der Waals surface area contributed by atoms with Gasteiger partial charge in [-0.2, -0.15) is 0 Å². The van der Waals surface area contributed by atoms with Crippen LogP contribution in [0.1, 0.15) is 11.3 Å². The Balaban J connectivity index is 1.67. The van der Waals surface area contributed by atoms with Crippen molar-refractivity contribution in [2.24, 2.45) is 0 Å². The van der Waals surface area contributed by atoms with Gasteiger partial charge >= 0.3 is 0 Å². The molecule has 1 aromatic rings. The van der Waals surface area contributed by atoms with Crippen LogP contribution in [0.15, 0.2) is 36.1 Å². The molecule has 1 saturated heterocycles. The quantitative estimate of drug-likeness (QED) is 0.797. The number of ether oxygens (including phenoxy) is 1. The minimum Gasteiger partial charge on any atom is -0.358 e. The van der Waals surface area contributed by atoms with Crippen LogP contribution in [0.5, 0.6) is 0 Å². The third-order valence-electron chi connectivity index (χ3n) is 5.02. The second kappa shape index (κ2) is 7.50. The van der Waals surface area contributed by atoms with Gasteiger partial charge in [0.2, 0.25) is 0 Å². The number of rotatable bonds is 2. The maximum absolute atomic E-state index is 11.6. The number of fused-ring (bicyclic) bond motifs is 2. The van der Waals surface area contributed by atoms with Gasteiger partial charge < -0.3 is 4.74 Å². The summed E-state index contributed by atoms with van der Waals surface area (Å²) in [5.74, 6) is 1.57. The van der Waals surface area contributed by atoms with E-state index in [1.807, 2.05) is 12.3 Å². The molecular weight excluding hydrogens is 334 g/mol. The normalized spacial score (nSPS) is 28.1. The molecule has 1 aromatic heterocycles. The SMILES string of the molecule is CN1COC2C=C(/C=C(/CN3CCS(=O)CC3)c3cccnc3C2)C1. The Labute approximate surface area is 151 Å². The van der Waals surface area contributed by atoms with Crippen LogP contribution in [-0.4, -0.2) is 76.6 Å². The first-order chi connectivity index (χ1) is 12.2. The second-order valence-corrected chi connectivity index (χ2v) is 8.78. The average molecular weight is 359 g/mol. The van der Waals surface area contributed by atoms with Crippen molar-refractivity contribution < 1.29 is 8.95 Å². The van der Waals surface area contributed by atoms with Crippen molar-refractivity contribution >= 4 is 16.4 Å². The van der Waals surface area contributed by atoms with Gasteiger partial charge in [-0.05, 0) is 24.3 Å². The highest BCUT2D eigenvalue weighted by molar-refractivity contribution is 7.85. The van der Waals surface area contributed by atoms with Gasteiger partial charge in [-0.3, -0.25) is 19.0 Å². The first-order valence-corrected chi connectivity index (χ1v) is 10.4. The third-order valence-corrected chi connectivity index (χ3v) is 6.29. The number of hydrogen-bond acceptors (Lipinski definition) is 5. The van der Waals surface area contributed by atoms with Crippen LogP contribution in [0.25, 0.3) is 5.57 Å². The van der Waals surface area contributed by atoms with E-state index >= 15 is 0 Å². The largest absolute Gasteiger partial charge is 0.358 e. The zero-order valence-electron chi connectivity index (χ0n) is 14.7. The van der Waals surface area contributed by atoms with E-state index < -0.39 is 10.8 Å². The fourth-order valence-electron chi connectivity index (χ4n) is 3.72. The average Bonchev–Trinajstić information content (AvgIpc) is 2.77. The van der Waals surface area contributed by atoms with Crippen LogP contribution < -0.4 is 0 Å². The predicted molar refractivity (Wildman–Crippen MR) is 101 cm³/mol. The molecule has 4 rings (SSSR count). The smallest absolute Gasteiger partial charge is 0.0998 e. The van der Waals surface area contributed by atoms with Crippen molar-refractivity contribution in [1.82, 2.24) is 14.8 Å². The lowest BCUT2D eigenvalue weighted by Gasteiger charge is -2.28. The summed E-state index contributed by atoms with van der Waals surface area (Å²) >= 11 is 0. The molecule has 0 amide bonds. The lowest BCUT2D eigenvalue weighted by atomic mass is 9.94. The summed E-state index contributed by atoms with van der Waals surface area (Å²) in [6.45, 7) is 4.25. The molecule has 2 bridgehead atoms. The van der Waals surface area contributed by atoms with Crippen LogP contribution in [0.4, 0.5) is 0 Å². The zero-order valence-corrected chi connectivity index (χ0v) is 15.5. The van der Waals surface area contributed by atoms with Gasteiger partial charge in [-0.25, -0.2) is 0 Å². The number of pyridine rings is 1. The molecule has 25 heavy (non-hydrogen) atoms. The Hall–Kier alpha value is -1.34. The Morgan fingerprint density at radius 2 is 2.20 bits per heavy atom. The van der Waals surface area contributed by atoms with E-state index in [1.165, 1.54) is 16.7 Å². The lowest BCUT2D eigenvalue weighted by Crippen LogP contribution is -2.38. The molecule has 134 valence electrons. The minimum atomic E-state index is -0.638. The molecule has 1 atom stereocenters. The molecular formula is C19H25N3O2S. The van der Waals surface area contributed by atoms with Crippen molar-refractivity contribution in [3.8, 4) is 0 Å². The van der Waals surface area contributed by atoms with Gasteiger partial charge in [0.15, 0.2) is 0 Å².